The van der Waals surface area contributed by atoms with Crippen molar-refractivity contribution in [3.63, 3.8) is 0 Å². The molecule has 0 saturated carbocycles. The summed E-state index contributed by atoms with van der Waals surface area (Å²) in [5, 5.41) is 0. The lowest BCUT2D eigenvalue weighted by atomic mass is 9.88. The van der Waals surface area contributed by atoms with Gasteiger partial charge in [-0.05, 0) is 38.5 Å². The van der Waals surface area contributed by atoms with E-state index in [0.29, 0.717) is 13.2 Å². The number of ether oxygens (including phenoxy) is 1. The Hall–Kier alpha value is -0.430. The SMILES string of the molecule is CN(C1(c2cccc(Br)c2)COC1)S(=O)(=O)C(C)(C)C. The normalized spacial score (nSPS) is 18.9. The van der Waals surface area contributed by atoms with E-state index in [1.165, 1.54) is 4.31 Å². The molecule has 4 nitrogen and oxygen atoms in total. The minimum absolute atomic E-state index is 0.384. The van der Waals surface area contributed by atoms with Crippen LogP contribution in [0.25, 0.3) is 0 Å². The molecular weight excluding hydrogens is 342 g/mol. The standard InChI is InChI=1S/C14H20BrNO3S/c1-13(2,3)20(17,18)16(4)14(9-19-10-14)11-6-5-7-12(15)8-11/h5-8H,9-10H2,1-4H3. The minimum atomic E-state index is -3.42. The second-order valence-corrected chi connectivity index (χ2v) is 9.76. The predicted molar refractivity (Wildman–Crippen MR) is 83.1 cm³/mol. The fourth-order valence-electron chi connectivity index (χ4n) is 2.24. The highest BCUT2D eigenvalue weighted by atomic mass is 79.9. The topological polar surface area (TPSA) is 46.6 Å². The Bertz CT molecular complexity index is 603. The van der Waals surface area contributed by atoms with Gasteiger partial charge in [-0.3, -0.25) is 0 Å². The fourth-order valence-corrected chi connectivity index (χ4v) is 4.14. The van der Waals surface area contributed by atoms with Crippen LogP contribution in [-0.2, 0) is 20.3 Å². The van der Waals surface area contributed by atoms with Crippen molar-refractivity contribution in [2.75, 3.05) is 20.3 Å². The summed E-state index contributed by atoms with van der Waals surface area (Å²) >= 11 is 3.44. The largest absolute Gasteiger partial charge is 0.377 e. The second-order valence-electron chi connectivity index (χ2n) is 6.12. The Kier molecular flexibility index (Phi) is 4.06. The maximum atomic E-state index is 12.7. The van der Waals surface area contributed by atoms with Gasteiger partial charge in [-0.1, -0.05) is 28.1 Å². The van der Waals surface area contributed by atoms with Crippen LogP contribution in [-0.4, -0.2) is 37.7 Å². The van der Waals surface area contributed by atoms with Crippen molar-refractivity contribution < 1.29 is 13.2 Å². The number of sulfonamides is 1. The van der Waals surface area contributed by atoms with Crippen molar-refractivity contribution in [3.05, 3.63) is 34.3 Å². The molecule has 0 unspecified atom stereocenters. The summed E-state index contributed by atoms with van der Waals surface area (Å²) in [6, 6.07) is 7.74. The monoisotopic (exact) mass is 361 g/mol. The number of rotatable bonds is 3. The molecule has 112 valence electrons. The van der Waals surface area contributed by atoms with E-state index in [0.717, 1.165) is 10.0 Å². The van der Waals surface area contributed by atoms with Crippen molar-refractivity contribution in [1.29, 1.82) is 0 Å². The summed E-state index contributed by atoms with van der Waals surface area (Å²) in [6.45, 7) is 5.91. The summed E-state index contributed by atoms with van der Waals surface area (Å²) in [5.41, 5.74) is 0.351. The average molecular weight is 362 g/mol. The van der Waals surface area contributed by atoms with Gasteiger partial charge in [-0.25, -0.2) is 8.42 Å². The molecule has 1 heterocycles. The highest BCUT2D eigenvalue weighted by Gasteiger charge is 2.51. The molecule has 0 bridgehead atoms. The van der Waals surface area contributed by atoms with E-state index in [1.807, 2.05) is 24.3 Å². The molecule has 0 aliphatic carbocycles. The Morgan fingerprint density at radius 3 is 2.30 bits per heavy atom. The van der Waals surface area contributed by atoms with Gasteiger partial charge in [0.2, 0.25) is 10.0 Å². The number of hydrogen-bond donors (Lipinski definition) is 0. The first-order valence-electron chi connectivity index (χ1n) is 6.44. The second kappa shape index (κ2) is 5.09. The molecule has 1 aliphatic rings. The lowest BCUT2D eigenvalue weighted by Gasteiger charge is -2.49. The zero-order chi connectivity index (χ0) is 15.2. The molecule has 0 aromatic heterocycles. The molecule has 0 atom stereocenters. The van der Waals surface area contributed by atoms with Gasteiger partial charge in [0.1, 0.15) is 5.54 Å². The summed E-state index contributed by atoms with van der Waals surface area (Å²) < 4.78 is 32.3. The average Bonchev–Trinajstić information content (AvgIpc) is 2.25. The fraction of sp³-hybridized carbons (Fsp3) is 0.571. The molecule has 6 heteroatoms. The van der Waals surface area contributed by atoms with Crippen LogP contribution in [0.4, 0.5) is 0 Å². The number of nitrogens with zero attached hydrogens (tertiary/aromatic N) is 1. The molecule has 0 radical (unpaired) electrons. The Morgan fingerprint density at radius 1 is 1.30 bits per heavy atom. The molecule has 1 aliphatic heterocycles. The Labute approximate surface area is 129 Å². The van der Waals surface area contributed by atoms with Crippen LogP contribution in [0.5, 0.6) is 0 Å². The van der Waals surface area contributed by atoms with E-state index >= 15 is 0 Å². The van der Waals surface area contributed by atoms with Gasteiger partial charge in [-0.2, -0.15) is 4.31 Å². The number of benzene rings is 1. The third kappa shape index (κ3) is 2.43. The van der Waals surface area contributed by atoms with E-state index < -0.39 is 20.3 Å². The first kappa shape index (κ1) is 15.9. The van der Waals surface area contributed by atoms with Crippen molar-refractivity contribution >= 4 is 26.0 Å². The van der Waals surface area contributed by atoms with Crippen LogP contribution < -0.4 is 0 Å². The minimum Gasteiger partial charge on any atom is -0.377 e. The van der Waals surface area contributed by atoms with Gasteiger partial charge < -0.3 is 4.74 Å². The number of likely N-dealkylation sites (N-methyl/N-ethyl adjacent to an activating group) is 1. The van der Waals surface area contributed by atoms with Crippen molar-refractivity contribution in [1.82, 2.24) is 4.31 Å². The summed E-state index contributed by atoms with van der Waals surface area (Å²) in [6.07, 6.45) is 0. The molecule has 0 amide bonds. The van der Waals surface area contributed by atoms with Crippen molar-refractivity contribution in [2.45, 2.75) is 31.1 Å². The molecule has 20 heavy (non-hydrogen) atoms. The molecule has 1 aromatic rings. The van der Waals surface area contributed by atoms with E-state index in [1.54, 1.807) is 27.8 Å². The maximum Gasteiger partial charge on any atom is 0.219 e. The van der Waals surface area contributed by atoms with Gasteiger partial charge in [0.15, 0.2) is 0 Å². The van der Waals surface area contributed by atoms with Gasteiger partial charge >= 0.3 is 0 Å². The van der Waals surface area contributed by atoms with Crippen LogP contribution >= 0.6 is 15.9 Å². The predicted octanol–water partition coefficient (Wildman–Crippen LogP) is 2.73. The molecule has 2 rings (SSSR count). The lowest BCUT2D eigenvalue weighted by Crippen LogP contribution is -2.62. The van der Waals surface area contributed by atoms with Crippen molar-refractivity contribution in [3.8, 4) is 0 Å². The first-order chi connectivity index (χ1) is 9.11. The molecule has 1 aromatic carbocycles. The van der Waals surface area contributed by atoms with Crippen molar-refractivity contribution in [2.24, 2.45) is 0 Å². The zero-order valence-electron chi connectivity index (χ0n) is 12.2. The van der Waals surface area contributed by atoms with Gasteiger partial charge in [-0.15, -0.1) is 0 Å². The summed E-state index contributed by atoms with van der Waals surface area (Å²) in [7, 11) is -1.78. The van der Waals surface area contributed by atoms with E-state index in [9.17, 15) is 8.42 Å². The highest BCUT2D eigenvalue weighted by molar-refractivity contribution is 9.10. The molecular formula is C14H20BrNO3S. The Morgan fingerprint density at radius 2 is 1.90 bits per heavy atom. The smallest absolute Gasteiger partial charge is 0.219 e. The zero-order valence-corrected chi connectivity index (χ0v) is 14.6. The Balaban J connectivity index is 2.48. The third-order valence-electron chi connectivity index (χ3n) is 3.78. The third-order valence-corrected chi connectivity index (χ3v) is 6.89. The van der Waals surface area contributed by atoms with Crippen LogP contribution in [0.3, 0.4) is 0 Å². The maximum absolute atomic E-state index is 12.7. The van der Waals surface area contributed by atoms with Crippen LogP contribution in [0.1, 0.15) is 26.3 Å². The van der Waals surface area contributed by atoms with E-state index in [4.69, 9.17) is 4.74 Å². The number of hydrogen-bond acceptors (Lipinski definition) is 3. The summed E-state index contributed by atoms with van der Waals surface area (Å²) in [4.78, 5) is 0. The van der Waals surface area contributed by atoms with Crippen LogP contribution in [0.2, 0.25) is 0 Å². The van der Waals surface area contributed by atoms with Gasteiger partial charge in [0.25, 0.3) is 0 Å². The highest BCUT2D eigenvalue weighted by Crippen LogP contribution is 2.40. The quantitative estimate of drug-likeness (QED) is 0.831. The van der Waals surface area contributed by atoms with E-state index in [2.05, 4.69) is 15.9 Å². The molecule has 1 saturated heterocycles. The lowest BCUT2D eigenvalue weighted by molar-refractivity contribution is -0.111. The molecule has 1 fully saturated rings. The van der Waals surface area contributed by atoms with Gasteiger partial charge in [0.05, 0.1) is 18.0 Å². The van der Waals surface area contributed by atoms with E-state index in [-0.39, 0.29) is 0 Å². The van der Waals surface area contributed by atoms with Crippen LogP contribution in [0, 0.1) is 0 Å². The molecule has 0 spiro atoms. The number of halogens is 1. The summed E-state index contributed by atoms with van der Waals surface area (Å²) in [5.74, 6) is 0. The van der Waals surface area contributed by atoms with Crippen LogP contribution in [0.15, 0.2) is 28.7 Å². The van der Waals surface area contributed by atoms with Gasteiger partial charge in [0, 0.05) is 11.5 Å². The first-order valence-corrected chi connectivity index (χ1v) is 8.67. The molecule has 0 N–H and O–H groups in total.